The van der Waals surface area contributed by atoms with Crippen molar-refractivity contribution in [1.82, 2.24) is 5.32 Å². The first-order chi connectivity index (χ1) is 9.61. The van der Waals surface area contributed by atoms with Gasteiger partial charge in [0, 0.05) is 12.1 Å². The Kier molecular flexibility index (Phi) is 4.74. The van der Waals surface area contributed by atoms with Gasteiger partial charge in [0.2, 0.25) is 0 Å². The third kappa shape index (κ3) is 3.36. The summed E-state index contributed by atoms with van der Waals surface area (Å²) in [6.07, 6.45) is 0. The van der Waals surface area contributed by atoms with Crippen molar-refractivity contribution in [3.63, 3.8) is 0 Å². The molecule has 0 heterocycles. The molecule has 0 saturated heterocycles. The van der Waals surface area contributed by atoms with Gasteiger partial charge in [-0.25, -0.2) is 4.39 Å². The Morgan fingerprint density at radius 2 is 1.60 bits per heavy atom. The van der Waals surface area contributed by atoms with E-state index in [4.69, 9.17) is 4.74 Å². The van der Waals surface area contributed by atoms with Gasteiger partial charge in [-0.05, 0) is 37.1 Å². The zero-order valence-corrected chi connectivity index (χ0v) is 12.1. The molecule has 2 aromatic rings. The normalized spacial score (nSPS) is 13.8. The Balaban J connectivity index is 2.10. The third-order valence-electron chi connectivity index (χ3n) is 3.47. The first-order valence-electron chi connectivity index (χ1n) is 6.76. The van der Waals surface area contributed by atoms with Crippen molar-refractivity contribution in [3.05, 3.63) is 65.5 Å². The smallest absolute Gasteiger partial charge is 0.165 e. The summed E-state index contributed by atoms with van der Waals surface area (Å²) in [6, 6.07) is 15.5. The van der Waals surface area contributed by atoms with Gasteiger partial charge in [0.15, 0.2) is 11.6 Å². The van der Waals surface area contributed by atoms with Crippen molar-refractivity contribution in [3.8, 4) is 5.75 Å². The van der Waals surface area contributed by atoms with Crippen LogP contribution in [0.2, 0.25) is 0 Å². The lowest BCUT2D eigenvalue weighted by molar-refractivity contribution is 0.384. The lowest BCUT2D eigenvalue weighted by atomic mass is 10.0. The monoisotopic (exact) mass is 273 g/mol. The number of hydrogen-bond donors (Lipinski definition) is 1. The summed E-state index contributed by atoms with van der Waals surface area (Å²) in [5, 5.41) is 3.51. The Hall–Kier alpha value is -1.87. The predicted octanol–water partition coefficient (Wildman–Crippen LogP) is 4.25. The zero-order chi connectivity index (χ0) is 14.5. The molecule has 3 heteroatoms. The molecule has 2 rings (SSSR count). The second kappa shape index (κ2) is 6.53. The average molecular weight is 273 g/mol. The maximum absolute atomic E-state index is 13.4. The highest BCUT2D eigenvalue weighted by molar-refractivity contribution is 5.32. The molecule has 20 heavy (non-hydrogen) atoms. The summed E-state index contributed by atoms with van der Waals surface area (Å²) >= 11 is 0. The van der Waals surface area contributed by atoms with Crippen LogP contribution in [0.3, 0.4) is 0 Å². The van der Waals surface area contributed by atoms with E-state index in [-0.39, 0.29) is 23.7 Å². The number of rotatable bonds is 5. The minimum absolute atomic E-state index is 0.111. The lowest BCUT2D eigenvalue weighted by Gasteiger charge is -2.21. The van der Waals surface area contributed by atoms with Gasteiger partial charge in [-0.3, -0.25) is 0 Å². The van der Waals surface area contributed by atoms with Crippen LogP contribution < -0.4 is 10.1 Å². The number of halogens is 1. The molecule has 0 amide bonds. The Labute approximate surface area is 119 Å². The molecule has 1 N–H and O–H groups in total. The molecule has 2 unspecified atom stereocenters. The maximum Gasteiger partial charge on any atom is 0.165 e. The summed E-state index contributed by atoms with van der Waals surface area (Å²) in [6.45, 7) is 4.18. The molecule has 0 aliphatic heterocycles. The number of ether oxygens (including phenoxy) is 1. The van der Waals surface area contributed by atoms with E-state index < -0.39 is 0 Å². The predicted molar refractivity (Wildman–Crippen MR) is 79.4 cm³/mol. The number of nitrogens with one attached hydrogen (secondary N) is 1. The minimum Gasteiger partial charge on any atom is -0.494 e. The fraction of sp³-hybridized carbons (Fsp3) is 0.294. The second-order valence-electron chi connectivity index (χ2n) is 4.91. The fourth-order valence-electron chi connectivity index (χ4n) is 2.25. The van der Waals surface area contributed by atoms with E-state index >= 15 is 0 Å². The third-order valence-corrected chi connectivity index (χ3v) is 3.47. The van der Waals surface area contributed by atoms with Gasteiger partial charge in [0.05, 0.1) is 7.11 Å². The van der Waals surface area contributed by atoms with E-state index in [0.29, 0.717) is 0 Å². The standard InChI is InChI=1S/C17H20FNO/c1-12(14-7-5-4-6-8-14)19-13(2)15-9-10-16(18)17(11-15)20-3/h4-13,19H,1-3H3. The Morgan fingerprint density at radius 1 is 0.950 bits per heavy atom. The fourth-order valence-corrected chi connectivity index (χ4v) is 2.25. The zero-order valence-electron chi connectivity index (χ0n) is 12.1. The molecule has 106 valence electrons. The van der Waals surface area contributed by atoms with E-state index in [2.05, 4.69) is 31.3 Å². The van der Waals surface area contributed by atoms with Crippen LogP contribution in [-0.2, 0) is 0 Å². The van der Waals surface area contributed by atoms with Gasteiger partial charge < -0.3 is 10.1 Å². The molecule has 0 fully saturated rings. The lowest BCUT2D eigenvalue weighted by Crippen LogP contribution is -2.22. The summed E-state index contributed by atoms with van der Waals surface area (Å²) in [4.78, 5) is 0. The van der Waals surface area contributed by atoms with Crippen LogP contribution in [-0.4, -0.2) is 7.11 Å². The van der Waals surface area contributed by atoms with Crippen LogP contribution in [0.1, 0.15) is 37.1 Å². The molecule has 0 spiro atoms. The summed E-state index contributed by atoms with van der Waals surface area (Å²) in [7, 11) is 1.48. The van der Waals surface area contributed by atoms with Crippen LogP contribution in [0.5, 0.6) is 5.75 Å². The van der Waals surface area contributed by atoms with Crippen molar-refractivity contribution in [2.75, 3.05) is 7.11 Å². The molecule has 0 saturated carbocycles. The van der Waals surface area contributed by atoms with E-state index in [1.54, 1.807) is 12.1 Å². The van der Waals surface area contributed by atoms with Crippen molar-refractivity contribution in [2.45, 2.75) is 25.9 Å². The summed E-state index contributed by atoms with van der Waals surface area (Å²) in [5.41, 5.74) is 2.24. The molecule has 2 atom stereocenters. The Morgan fingerprint density at radius 3 is 2.25 bits per heavy atom. The van der Waals surface area contributed by atoms with Gasteiger partial charge >= 0.3 is 0 Å². The van der Waals surface area contributed by atoms with Crippen LogP contribution in [0, 0.1) is 5.82 Å². The Bertz CT molecular complexity index is 556. The van der Waals surface area contributed by atoms with E-state index in [1.165, 1.54) is 18.7 Å². The molecule has 0 aliphatic carbocycles. The second-order valence-corrected chi connectivity index (χ2v) is 4.91. The maximum atomic E-state index is 13.4. The largest absolute Gasteiger partial charge is 0.494 e. The van der Waals surface area contributed by atoms with Crippen LogP contribution in [0.4, 0.5) is 4.39 Å². The van der Waals surface area contributed by atoms with Gasteiger partial charge in [-0.1, -0.05) is 36.4 Å². The van der Waals surface area contributed by atoms with Crippen LogP contribution >= 0.6 is 0 Å². The van der Waals surface area contributed by atoms with Crippen LogP contribution in [0.15, 0.2) is 48.5 Å². The summed E-state index contributed by atoms with van der Waals surface area (Å²) < 4.78 is 18.4. The van der Waals surface area contributed by atoms with Gasteiger partial charge in [-0.15, -0.1) is 0 Å². The quantitative estimate of drug-likeness (QED) is 0.879. The van der Waals surface area contributed by atoms with Gasteiger partial charge in [-0.2, -0.15) is 0 Å². The van der Waals surface area contributed by atoms with Gasteiger partial charge in [0.1, 0.15) is 0 Å². The SMILES string of the molecule is COc1cc(C(C)NC(C)c2ccccc2)ccc1F. The minimum atomic E-state index is -0.334. The highest BCUT2D eigenvalue weighted by Crippen LogP contribution is 2.24. The van der Waals surface area contributed by atoms with Crippen LogP contribution in [0.25, 0.3) is 0 Å². The average Bonchev–Trinajstić information content (AvgIpc) is 2.48. The molecule has 0 bridgehead atoms. The van der Waals surface area contributed by atoms with Crippen molar-refractivity contribution >= 4 is 0 Å². The number of hydrogen-bond acceptors (Lipinski definition) is 2. The summed E-state index contributed by atoms with van der Waals surface area (Å²) in [5.74, 6) is -0.0527. The van der Waals surface area contributed by atoms with Crippen molar-refractivity contribution in [2.24, 2.45) is 0 Å². The number of methoxy groups -OCH3 is 1. The highest BCUT2D eigenvalue weighted by Gasteiger charge is 2.13. The molecule has 0 radical (unpaired) electrons. The first-order valence-corrected chi connectivity index (χ1v) is 6.76. The van der Waals surface area contributed by atoms with E-state index in [9.17, 15) is 4.39 Å². The van der Waals surface area contributed by atoms with Crippen molar-refractivity contribution in [1.29, 1.82) is 0 Å². The topological polar surface area (TPSA) is 21.3 Å². The molecular weight excluding hydrogens is 253 g/mol. The van der Waals surface area contributed by atoms with E-state index in [1.807, 2.05) is 18.2 Å². The van der Waals surface area contributed by atoms with Crippen molar-refractivity contribution < 1.29 is 9.13 Å². The molecular formula is C17H20FNO. The first kappa shape index (κ1) is 14.5. The molecule has 2 nitrogen and oxygen atoms in total. The molecule has 2 aromatic carbocycles. The molecule has 0 aromatic heterocycles. The van der Waals surface area contributed by atoms with E-state index in [0.717, 1.165) is 5.56 Å². The van der Waals surface area contributed by atoms with Gasteiger partial charge in [0.25, 0.3) is 0 Å². The highest BCUT2D eigenvalue weighted by atomic mass is 19.1. The number of benzene rings is 2. The molecule has 0 aliphatic rings.